The summed E-state index contributed by atoms with van der Waals surface area (Å²) >= 11 is 0. The molecule has 0 radical (unpaired) electrons. The predicted molar refractivity (Wildman–Crippen MR) is 115 cm³/mol. The molecule has 2 N–H and O–H groups in total. The van der Waals surface area contributed by atoms with Crippen LogP contribution in [0.4, 0.5) is 5.69 Å². The summed E-state index contributed by atoms with van der Waals surface area (Å²) in [6, 6.07) is 7.50. The third-order valence-corrected chi connectivity index (χ3v) is 5.48. The van der Waals surface area contributed by atoms with Gasteiger partial charge in [-0.05, 0) is 30.2 Å². The lowest BCUT2D eigenvalue weighted by Gasteiger charge is -2.36. The summed E-state index contributed by atoms with van der Waals surface area (Å²) in [5, 5.41) is 16.4. The lowest BCUT2D eigenvalue weighted by atomic mass is 10.2. The van der Waals surface area contributed by atoms with Crippen molar-refractivity contribution in [2.24, 2.45) is 0 Å². The van der Waals surface area contributed by atoms with E-state index >= 15 is 0 Å². The number of carbonyl (C=O) groups is 1. The zero-order chi connectivity index (χ0) is 22.0. The second-order valence-corrected chi connectivity index (χ2v) is 7.45. The van der Waals surface area contributed by atoms with Crippen LogP contribution < -0.4 is 15.8 Å². The number of nitriles is 1. The number of aromatic amines is 1. The van der Waals surface area contributed by atoms with Crippen LogP contribution in [0.1, 0.15) is 34.4 Å². The lowest BCUT2D eigenvalue weighted by molar-refractivity contribution is 0.0958. The Kier molecular flexibility index (Phi) is 5.68. The molecule has 160 valence electrons. The van der Waals surface area contributed by atoms with Gasteiger partial charge in [-0.25, -0.2) is 9.50 Å². The molecular formula is C21H24N8O2. The number of nitrogens with one attached hydrogen (secondary N) is 2. The number of amides is 1. The largest absolute Gasteiger partial charge is 0.367 e. The van der Waals surface area contributed by atoms with E-state index < -0.39 is 0 Å². The third-order valence-electron chi connectivity index (χ3n) is 5.48. The monoisotopic (exact) mass is 420 g/mol. The Bertz CT molecular complexity index is 1210. The fourth-order valence-electron chi connectivity index (χ4n) is 3.81. The number of piperazine rings is 1. The number of pyridine rings is 1. The van der Waals surface area contributed by atoms with Gasteiger partial charge in [-0.2, -0.15) is 10.4 Å². The number of fused-ring (bicyclic) bond motifs is 1. The molecule has 4 rings (SSSR count). The molecular weight excluding hydrogens is 396 g/mol. The summed E-state index contributed by atoms with van der Waals surface area (Å²) in [6.45, 7) is 5.79. The van der Waals surface area contributed by atoms with Crippen LogP contribution in [0, 0.1) is 11.3 Å². The van der Waals surface area contributed by atoms with Gasteiger partial charge in [0.05, 0.1) is 5.69 Å². The number of anilines is 1. The van der Waals surface area contributed by atoms with E-state index in [2.05, 4.69) is 36.3 Å². The fraction of sp³-hybridized carbons (Fsp3) is 0.381. The van der Waals surface area contributed by atoms with Crippen molar-refractivity contribution in [3.05, 3.63) is 57.4 Å². The molecule has 0 spiro atoms. The third kappa shape index (κ3) is 4.13. The highest BCUT2D eigenvalue weighted by Gasteiger charge is 2.21. The normalized spacial score (nSPS) is 14.5. The number of nitrogens with zero attached hydrogens (tertiary/aromatic N) is 6. The van der Waals surface area contributed by atoms with Crippen LogP contribution in [-0.4, -0.2) is 63.6 Å². The van der Waals surface area contributed by atoms with Gasteiger partial charge in [0, 0.05) is 46.0 Å². The van der Waals surface area contributed by atoms with Gasteiger partial charge in [-0.3, -0.25) is 14.5 Å². The van der Waals surface area contributed by atoms with E-state index in [9.17, 15) is 14.9 Å². The molecule has 0 aromatic carbocycles. The fourth-order valence-corrected chi connectivity index (χ4v) is 3.81. The number of hydrogen-bond donors (Lipinski definition) is 2. The van der Waals surface area contributed by atoms with Crippen LogP contribution in [0.2, 0.25) is 0 Å². The quantitative estimate of drug-likeness (QED) is 0.617. The minimum absolute atomic E-state index is 0.141. The topological polar surface area (TPSA) is 122 Å². The first-order valence-electron chi connectivity index (χ1n) is 10.2. The summed E-state index contributed by atoms with van der Waals surface area (Å²) < 4.78 is 1.73. The Hall–Kier alpha value is -3.71. The molecule has 10 heteroatoms. The SMILES string of the molecule is CCc1nn2cc(CN3CCN(c4ccc(C(=O)NC)nc4C#N)CC3)cc2[nH]c1=O. The number of hydrogen-bond acceptors (Lipinski definition) is 7. The van der Waals surface area contributed by atoms with E-state index in [1.807, 2.05) is 19.2 Å². The summed E-state index contributed by atoms with van der Waals surface area (Å²) in [5.41, 5.74) is 3.40. The number of carbonyl (C=O) groups excluding carboxylic acids is 1. The Morgan fingerprint density at radius 2 is 2.06 bits per heavy atom. The van der Waals surface area contributed by atoms with E-state index in [1.165, 1.54) is 7.05 Å². The standard InChI is InChI=1S/C21H24N8O2/c1-3-15-21(31)25-19-10-14(13-29(19)26-15)12-27-6-8-28(9-7-27)18-5-4-16(20(30)23-2)24-17(18)11-22/h4-5,10,13H,3,6-9,12H2,1-2H3,(H,23,30)(H,25,31). The number of rotatable bonds is 5. The van der Waals surface area contributed by atoms with Crippen LogP contribution in [0.15, 0.2) is 29.2 Å². The molecule has 1 saturated heterocycles. The Labute approximate surface area is 179 Å². The molecule has 0 aliphatic carbocycles. The summed E-state index contributed by atoms with van der Waals surface area (Å²) in [5.74, 6) is -0.310. The van der Waals surface area contributed by atoms with Crippen LogP contribution in [0.3, 0.4) is 0 Å². The highest BCUT2D eigenvalue weighted by molar-refractivity contribution is 5.92. The van der Waals surface area contributed by atoms with Gasteiger partial charge in [-0.15, -0.1) is 0 Å². The van der Waals surface area contributed by atoms with E-state index in [0.717, 1.165) is 44.0 Å². The molecule has 1 amide bonds. The Morgan fingerprint density at radius 1 is 1.29 bits per heavy atom. The molecule has 3 aromatic heterocycles. The van der Waals surface area contributed by atoms with Crippen molar-refractivity contribution in [3.8, 4) is 6.07 Å². The van der Waals surface area contributed by atoms with Crippen LogP contribution >= 0.6 is 0 Å². The van der Waals surface area contributed by atoms with E-state index in [-0.39, 0.29) is 22.9 Å². The van der Waals surface area contributed by atoms with Crippen molar-refractivity contribution in [2.75, 3.05) is 38.1 Å². The molecule has 1 fully saturated rings. The zero-order valence-electron chi connectivity index (χ0n) is 17.6. The van der Waals surface area contributed by atoms with Crippen molar-refractivity contribution in [1.29, 1.82) is 5.26 Å². The number of H-pyrrole nitrogens is 1. The van der Waals surface area contributed by atoms with Crippen LogP contribution in [0.5, 0.6) is 0 Å². The highest BCUT2D eigenvalue weighted by Crippen LogP contribution is 2.21. The van der Waals surface area contributed by atoms with Gasteiger partial charge in [0.1, 0.15) is 23.1 Å². The predicted octanol–water partition coefficient (Wildman–Crippen LogP) is 0.533. The van der Waals surface area contributed by atoms with Crippen molar-refractivity contribution >= 4 is 17.2 Å². The van der Waals surface area contributed by atoms with Crippen molar-refractivity contribution < 1.29 is 4.79 Å². The van der Waals surface area contributed by atoms with Crippen molar-refractivity contribution in [3.63, 3.8) is 0 Å². The van der Waals surface area contributed by atoms with Gasteiger partial charge in [-0.1, -0.05) is 6.92 Å². The van der Waals surface area contributed by atoms with Crippen LogP contribution in [0.25, 0.3) is 5.65 Å². The second kappa shape index (κ2) is 8.57. The Morgan fingerprint density at radius 3 is 2.74 bits per heavy atom. The van der Waals surface area contributed by atoms with Gasteiger partial charge in [0.25, 0.3) is 11.5 Å². The van der Waals surface area contributed by atoms with Gasteiger partial charge in [0.15, 0.2) is 5.69 Å². The zero-order valence-corrected chi connectivity index (χ0v) is 17.6. The molecule has 0 saturated carbocycles. The maximum Gasteiger partial charge on any atom is 0.273 e. The Balaban J connectivity index is 1.43. The maximum absolute atomic E-state index is 12.0. The molecule has 0 bridgehead atoms. The minimum atomic E-state index is -0.310. The molecule has 31 heavy (non-hydrogen) atoms. The molecule has 3 aromatic rings. The molecule has 4 heterocycles. The van der Waals surface area contributed by atoms with E-state index in [4.69, 9.17) is 0 Å². The molecule has 0 unspecified atom stereocenters. The highest BCUT2D eigenvalue weighted by atomic mass is 16.1. The average molecular weight is 420 g/mol. The molecule has 10 nitrogen and oxygen atoms in total. The first-order valence-corrected chi connectivity index (χ1v) is 10.2. The first-order chi connectivity index (χ1) is 15.0. The van der Waals surface area contributed by atoms with Gasteiger partial charge in [0.2, 0.25) is 0 Å². The van der Waals surface area contributed by atoms with E-state index in [1.54, 1.807) is 16.6 Å². The molecule has 1 aliphatic rings. The van der Waals surface area contributed by atoms with E-state index in [0.29, 0.717) is 17.8 Å². The van der Waals surface area contributed by atoms with Crippen molar-refractivity contribution in [2.45, 2.75) is 19.9 Å². The van der Waals surface area contributed by atoms with Gasteiger partial charge >= 0.3 is 0 Å². The van der Waals surface area contributed by atoms with Crippen LogP contribution in [-0.2, 0) is 13.0 Å². The number of aromatic nitrogens is 4. The maximum atomic E-state index is 12.0. The minimum Gasteiger partial charge on any atom is -0.367 e. The summed E-state index contributed by atoms with van der Waals surface area (Å²) in [4.78, 5) is 35.3. The number of aryl methyl sites for hydroxylation is 1. The first kappa shape index (κ1) is 20.6. The van der Waals surface area contributed by atoms with Crippen molar-refractivity contribution in [1.82, 2.24) is 29.8 Å². The molecule has 1 aliphatic heterocycles. The lowest BCUT2D eigenvalue weighted by Crippen LogP contribution is -2.46. The summed E-state index contributed by atoms with van der Waals surface area (Å²) in [6.07, 6.45) is 2.54. The van der Waals surface area contributed by atoms with Gasteiger partial charge < -0.3 is 15.2 Å². The summed E-state index contributed by atoms with van der Waals surface area (Å²) in [7, 11) is 1.54. The smallest absolute Gasteiger partial charge is 0.273 e. The molecule has 0 atom stereocenters. The average Bonchev–Trinajstić information content (AvgIpc) is 3.18. The second-order valence-electron chi connectivity index (χ2n) is 7.45.